The van der Waals surface area contributed by atoms with Crippen LogP contribution in [-0.4, -0.2) is 65.8 Å². The first-order valence-corrected chi connectivity index (χ1v) is 12.0. The summed E-state index contributed by atoms with van der Waals surface area (Å²) < 4.78 is 12.3. The van der Waals surface area contributed by atoms with Gasteiger partial charge in [-0.2, -0.15) is 0 Å². The average Bonchev–Trinajstić information content (AvgIpc) is 3.24. The van der Waals surface area contributed by atoms with E-state index in [9.17, 15) is 9.59 Å². The number of thiazole rings is 1. The minimum atomic E-state index is -0.345. The number of anilines is 1. The summed E-state index contributed by atoms with van der Waals surface area (Å²) >= 11 is 5.52. The smallest absolute Gasteiger partial charge is 0.350 e. The first kappa shape index (κ1) is 22.7. The number of nitrogens with one attached hydrogen (secondary N) is 2. The molecule has 2 atom stereocenters. The van der Waals surface area contributed by atoms with Gasteiger partial charge in [0.2, 0.25) is 0 Å². The Morgan fingerprint density at radius 3 is 2.76 bits per heavy atom. The number of aromatic nitrogens is 3. The normalized spacial score (nSPS) is 19.3. The van der Waals surface area contributed by atoms with Crippen LogP contribution >= 0.6 is 56.5 Å². The topological polar surface area (TPSA) is 109 Å². The van der Waals surface area contributed by atoms with Gasteiger partial charge in [0, 0.05) is 20.2 Å². The highest BCUT2D eigenvalue weighted by molar-refractivity contribution is 14.1. The van der Waals surface area contributed by atoms with Gasteiger partial charge in [0.25, 0.3) is 5.91 Å². The van der Waals surface area contributed by atoms with E-state index in [0.29, 0.717) is 42.5 Å². The second-order valence-corrected chi connectivity index (χ2v) is 9.49. The average molecular weight is 645 g/mol. The maximum Gasteiger partial charge on any atom is 0.350 e. The van der Waals surface area contributed by atoms with Crippen LogP contribution in [0.3, 0.4) is 0 Å². The zero-order valence-electron chi connectivity index (χ0n) is 16.1. The highest BCUT2D eigenvalue weighted by Crippen LogP contribution is 2.29. The number of carbonyl (C=O) groups excluding carboxylic acids is 2. The molecule has 1 amide bonds. The number of aromatic amines is 1. The maximum atomic E-state index is 12.5. The number of nitrogens with zero attached hydrogens (tertiary/aromatic N) is 3. The van der Waals surface area contributed by atoms with Crippen LogP contribution in [0.5, 0.6) is 0 Å². The fourth-order valence-electron chi connectivity index (χ4n) is 3.07. The molecule has 0 spiro atoms. The molecule has 3 rings (SSSR count). The number of H-pyrrole nitrogens is 1. The Kier molecular flexibility index (Phi) is 7.72. The van der Waals surface area contributed by atoms with Gasteiger partial charge in [-0.3, -0.25) is 4.79 Å². The number of carbonyl (C=O) groups is 2. The largest absolute Gasteiger partial charge is 0.462 e. The second kappa shape index (κ2) is 9.87. The molecule has 1 aliphatic heterocycles. The van der Waals surface area contributed by atoms with Gasteiger partial charge in [-0.1, -0.05) is 11.3 Å². The molecule has 0 aromatic carbocycles. The summed E-state index contributed by atoms with van der Waals surface area (Å²) in [5.41, 5.74) is 0.662. The Hall–Kier alpha value is -1.00. The molecule has 1 saturated heterocycles. The number of esters is 1. The number of amides is 1. The van der Waals surface area contributed by atoms with E-state index >= 15 is 0 Å². The lowest BCUT2D eigenvalue weighted by molar-refractivity contribution is 0.0530. The maximum absolute atomic E-state index is 12.5. The number of imidazole rings is 1. The fraction of sp³-hybridized carbons (Fsp3) is 0.529. The van der Waals surface area contributed by atoms with Crippen molar-refractivity contribution < 1.29 is 19.1 Å². The third-order valence-corrected chi connectivity index (χ3v) is 8.32. The minimum Gasteiger partial charge on any atom is -0.462 e. The van der Waals surface area contributed by atoms with Gasteiger partial charge in [0.05, 0.1) is 24.4 Å². The fourth-order valence-corrected chi connectivity index (χ4v) is 4.82. The van der Waals surface area contributed by atoms with Crippen molar-refractivity contribution in [3.63, 3.8) is 0 Å². The molecule has 2 N–H and O–H groups in total. The van der Waals surface area contributed by atoms with E-state index < -0.39 is 0 Å². The lowest BCUT2D eigenvalue weighted by Crippen LogP contribution is -2.55. The van der Waals surface area contributed by atoms with Gasteiger partial charge in [0.1, 0.15) is 12.3 Å². The van der Waals surface area contributed by atoms with Crippen LogP contribution in [0, 0.1) is 14.3 Å². The summed E-state index contributed by atoms with van der Waals surface area (Å²) in [4.78, 5) is 39.0. The molecule has 12 heteroatoms. The Morgan fingerprint density at radius 1 is 1.38 bits per heavy atom. The lowest BCUT2D eigenvalue weighted by Gasteiger charge is -2.37. The van der Waals surface area contributed by atoms with E-state index in [4.69, 9.17) is 9.47 Å². The van der Waals surface area contributed by atoms with Crippen LogP contribution in [0.1, 0.15) is 39.3 Å². The molecule has 0 radical (unpaired) electrons. The highest BCUT2D eigenvalue weighted by atomic mass is 127. The number of ether oxygens (including phenoxy) is 2. The van der Waals surface area contributed by atoms with Gasteiger partial charge in [-0.05, 0) is 65.5 Å². The molecule has 158 valence electrons. The molecule has 9 nitrogen and oxygen atoms in total. The predicted molar refractivity (Wildman–Crippen MR) is 126 cm³/mol. The summed E-state index contributed by atoms with van der Waals surface area (Å²) in [6, 6.07) is -0.144. The van der Waals surface area contributed by atoms with Gasteiger partial charge < -0.3 is 24.7 Å². The van der Waals surface area contributed by atoms with E-state index in [1.165, 1.54) is 11.3 Å². The Bertz CT molecular complexity index is 883. The van der Waals surface area contributed by atoms with Gasteiger partial charge in [0.15, 0.2) is 11.0 Å². The standard InChI is InChI=1S/C17H21I2N5O4S/c1-4-28-16(26)11-8(2)20-17(29-11)24-6-5-9(10(7-24)27-3)21-15(25)14-22-12(18)13(19)23-14/h9-10H,4-7H2,1-3H3,(H,21,25)(H,22,23). The van der Waals surface area contributed by atoms with Gasteiger partial charge in [-0.25, -0.2) is 14.8 Å². The second-order valence-electron chi connectivity index (χ2n) is 6.41. The Balaban J connectivity index is 1.67. The monoisotopic (exact) mass is 645 g/mol. The number of piperidine rings is 1. The molecular weight excluding hydrogens is 624 g/mol. The molecule has 0 bridgehead atoms. The minimum absolute atomic E-state index is 0.144. The van der Waals surface area contributed by atoms with Crippen molar-refractivity contribution in [3.8, 4) is 0 Å². The van der Waals surface area contributed by atoms with Crippen LogP contribution < -0.4 is 10.2 Å². The van der Waals surface area contributed by atoms with Crippen molar-refractivity contribution in [2.75, 3.05) is 31.7 Å². The number of hydrogen-bond donors (Lipinski definition) is 2. The summed E-state index contributed by atoms with van der Waals surface area (Å²) in [6.45, 7) is 5.16. The molecule has 0 aliphatic carbocycles. The molecule has 0 saturated carbocycles. The van der Waals surface area contributed by atoms with Crippen molar-refractivity contribution in [2.24, 2.45) is 0 Å². The van der Waals surface area contributed by atoms with E-state index in [1.54, 1.807) is 21.0 Å². The van der Waals surface area contributed by atoms with E-state index in [0.717, 1.165) is 12.5 Å². The molecule has 2 aromatic rings. The van der Waals surface area contributed by atoms with E-state index in [2.05, 4.69) is 70.4 Å². The highest BCUT2D eigenvalue weighted by Gasteiger charge is 2.33. The van der Waals surface area contributed by atoms with Crippen LogP contribution in [0.15, 0.2) is 0 Å². The van der Waals surface area contributed by atoms with Crippen LogP contribution in [0.2, 0.25) is 0 Å². The van der Waals surface area contributed by atoms with Crippen molar-refractivity contribution in [3.05, 3.63) is 23.8 Å². The van der Waals surface area contributed by atoms with Gasteiger partial charge >= 0.3 is 5.97 Å². The summed E-state index contributed by atoms with van der Waals surface area (Å²) in [5.74, 6) is -0.298. The van der Waals surface area contributed by atoms with Crippen LogP contribution in [-0.2, 0) is 9.47 Å². The Morgan fingerprint density at radius 2 is 2.14 bits per heavy atom. The first-order valence-electron chi connectivity index (χ1n) is 8.98. The summed E-state index contributed by atoms with van der Waals surface area (Å²) in [5, 5.41) is 3.78. The van der Waals surface area contributed by atoms with Crippen molar-refractivity contribution in [1.82, 2.24) is 20.3 Å². The predicted octanol–water partition coefficient (Wildman–Crippen LogP) is 2.58. The zero-order valence-corrected chi connectivity index (χ0v) is 21.3. The Labute approximate surface area is 199 Å². The molecule has 29 heavy (non-hydrogen) atoms. The molecule has 1 aliphatic rings. The number of rotatable bonds is 6. The lowest BCUT2D eigenvalue weighted by atomic mass is 10.0. The van der Waals surface area contributed by atoms with Crippen LogP contribution in [0.4, 0.5) is 5.13 Å². The molecule has 3 heterocycles. The number of aryl methyl sites for hydroxylation is 1. The van der Waals surface area contributed by atoms with Crippen LogP contribution in [0.25, 0.3) is 0 Å². The van der Waals surface area contributed by atoms with Crippen molar-refractivity contribution in [2.45, 2.75) is 32.4 Å². The quantitative estimate of drug-likeness (QED) is 0.368. The molecule has 1 fully saturated rings. The van der Waals surface area contributed by atoms with E-state index in [1.807, 2.05) is 0 Å². The molecular formula is C17H21I2N5O4S. The third-order valence-electron chi connectivity index (χ3n) is 4.53. The summed E-state index contributed by atoms with van der Waals surface area (Å²) in [7, 11) is 1.63. The third kappa shape index (κ3) is 5.19. The number of methoxy groups -OCH3 is 1. The van der Waals surface area contributed by atoms with Crippen molar-refractivity contribution in [1.29, 1.82) is 0 Å². The number of halogens is 2. The van der Waals surface area contributed by atoms with E-state index in [-0.39, 0.29) is 24.0 Å². The van der Waals surface area contributed by atoms with Gasteiger partial charge in [-0.15, -0.1) is 0 Å². The number of hydrogen-bond acceptors (Lipinski definition) is 8. The first-order chi connectivity index (χ1) is 13.8. The zero-order chi connectivity index (χ0) is 21.1. The summed E-state index contributed by atoms with van der Waals surface area (Å²) in [6.07, 6.45) is 0.475. The SMILES string of the molecule is CCOC(=O)c1sc(N2CCC(NC(=O)c3nc(I)c(I)[nH]3)C(OC)C2)nc1C. The molecule has 2 unspecified atom stereocenters. The van der Waals surface area contributed by atoms with Crippen molar-refractivity contribution >= 4 is 73.5 Å². The molecule has 2 aromatic heterocycles.